The molecule has 0 heterocycles. The summed E-state index contributed by atoms with van der Waals surface area (Å²) in [5.41, 5.74) is 1.17. The summed E-state index contributed by atoms with van der Waals surface area (Å²) < 4.78 is 0. The van der Waals surface area contributed by atoms with Crippen LogP contribution in [0.5, 0.6) is 0 Å². The number of urea groups is 1. The van der Waals surface area contributed by atoms with Crippen molar-refractivity contribution in [2.75, 3.05) is 20.1 Å². The molecule has 5 heteroatoms. The van der Waals surface area contributed by atoms with E-state index in [1.54, 1.807) is 0 Å². The van der Waals surface area contributed by atoms with Crippen molar-refractivity contribution in [1.82, 2.24) is 10.6 Å². The quantitative estimate of drug-likeness (QED) is 0.695. The van der Waals surface area contributed by atoms with Crippen LogP contribution in [0.1, 0.15) is 19.4 Å². The Morgan fingerprint density at radius 3 is 2.45 bits per heavy atom. The number of carbonyl (C=O) groups excluding carboxylic acids is 2. The minimum atomic E-state index is -0.420. The molecule has 0 fully saturated rings. The summed E-state index contributed by atoms with van der Waals surface area (Å²) in [5.74, 6) is 0.0990. The van der Waals surface area contributed by atoms with Gasteiger partial charge in [0.2, 0.25) is 0 Å². The van der Waals surface area contributed by atoms with Crippen LogP contribution >= 0.6 is 0 Å². The van der Waals surface area contributed by atoms with Gasteiger partial charge in [-0.3, -0.25) is 10.1 Å². The van der Waals surface area contributed by atoms with Gasteiger partial charge in [-0.15, -0.1) is 0 Å². The van der Waals surface area contributed by atoms with Gasteiger partial charge in [-0.2, -0.15) is 0 Å². The molecule has 3 amide bonds. The van der Waals surface area contributed by atoms with E-state index in [1.807, 2.05) is 51.2 Å². The van der Waals surface area contributed by atoms with Crippen molar-refractivity contribution in [2.24, 2.45) is 5.92 Å². The van der Waals surface area contributed by atoms with Gasteiger partial charge in [0.05, 0.1) is 7.05 Å². The molecule has 1 aromatic rings. The molecule has 1 atom stereocenters. The fourth-order valence-corrected chi connectivity index (χ4v) is 1.79. The van der Waals surface area contributed by atoms with E-state index in [0.717, 1.165) is 11.4 Å². The van der Waals surface area contributed by atoms with Crippen LogP contribution in [-0.2, 0) is 11.3 Å². The average Bonchev–Trinajstić information content (AvgIpc) is 2.37. The van der Waals surface area contributed by atoms with Gasteiger partial charge in [0.25, 0.3) is 5.91 Å². The topological polar surface area (TPSA) is 62.6 Å². The standard InChI is InChI=1S/C15H23N3O2/c1-12(2)9-16-15(20)17-14(19)11-18(3)10-13-7-5-4-6-8-13/h4-8,12H,9-11H2,1-3H3,(H2,16,17,19,20)/p+1. The van der Waals surface area contributed by atoms with E-state index in [-0.39, 0.29) is 12.5 Å². The Morgan fingerprint density at radius 1 is 1.20 bits per heavy atom. The van der Waals surface area contributed by atoms with Gasteiger partial charge in [0, 0.05) is 12.1 Å². The minimum absolute atomic E-state index is 0.264. The lowest BCUT2D eigenvalue weighted by Crippen LogP contribution is -3.09. The second-order valence-electron chi connectivity index (χ2n) is 5.45. The Labute approximate surface area is 120 Å². The van der Waals surface area contributed by atoms with E-state index in [2.05, 4.69) is 10.6 Å². The van der Waals surface area contributed by atoms with E-state index < -0.39 is 6.03 Å². The molecule has 110 valence electrons. The molecule has 0 saturated heterocycles. The molecule has 0 aliphatic rings. The summed E-state index contributed by atoms with van der Waals surface area (Å²) in [6, 6.07) is 9.54. The van der Waals surface area contributed by atoms with Crippen molar-refractivity contribution >= 4 is 11.9 Å². The molecule has 0 aliphatic carbocycles. The minimum Gasteiger partial charge on any atom is -0.338 e. The number of quaternary nitrogens is 1. The van der Waals surface area contributed by atoms with Crippen molar-refractivity contribution in [1.29, 1.82) is 0 Å². The maximum atomic E-state index is 11.7. The van der Waals surface area contributed by atoms with Gasteiger partial charge in [0.15, 0.2) is 6.54 Å². The number of imide groups is 1. The normalized spacial score (nSPS) is 12.0. The predicted octanol–water partition coefficient (Wildman–Crippen LogP) is 0.183. The lowest BCUT2D eigenvalue weighted by Gasteiger charge is -2.14. The lowest BCUT2D eigenvalue weighted by atomic mass is 10.2. The summed E-state index contributed by atoms with van der Waals surface area (Å²) in [4.78, 5) is 24.2. The number of rotatable bonds is 6. The Hall–Kier alpha value is -1.88. The third-order valence-corrected chi connectivity index (χ3v) is 2.73. The van der Waals surface area contributed by atoms with Crippen molar-refractivity contribution in [3.63, 3.8) is 0 Å². The van der Waals surface area contributed by atoms with E-state index in [9.17, 15) is 9.59 Å². The van der Waals surface area contributed by atoms with Crippen molar-refractivity contribution in [2.45, 2.75) is 20.4 Å². The predicted molar refractivity (Wildman–Crippen MR) is 78.3 cm³/mol. The van der Waals surface area contributed by atoms with Gasteiger partial charge in [-0.05, 0) is 5.92 Å². The number of benzene rings is 1. The van der Waals surface area contributed by atoms with E-state index in [4.69, 9.17) is 0 Å². The van der Waals surface area contributed by atoms with Crippen molar-refractivity contribution < 1.29 is 14.5 Å². The number of carbonyl (C=O) groups is 2. The number of hydrogen-bond donors (Lipinski definition) is 3. The number of amides is 3. The van der Waals surface area contributed by atoms with Crippen LogP contribution in [-0.4, -0.2) is 32.1 Å². The highest BCUT2D eigenvalue weighted by molar-refractivity contribution is 5.94. The van der Waals surface area contributed by atoms with Crippen molar-refractivity contribution in [3.05, 3.63) is 35.9 Å². The summed E-state index contributed by atoms with van der Waals surface area (Å²) in [6.45, 7) is 5.58. The number of hydrogen-bond acceptors (Lipinski definition) is 2. The molecule has 20 heavy (non-hydrogen) atoms. The monoisotopic (exact) mass is 278 g/mol. The SMILES string of the molecule is CC(C)CNC(=O)NC(=O)C[NH+](C)Cc1ccccc1. The molecule has 1 unspecified atom stereocenters. The van der Waals surface area contributed by atoms with E-state index in [0.29, 0.717) is 12.5 Å². The maximum Gasteiger partial charge on any atom is 0.321 e. The Morgan fingerprint density at radius 2 is 1.85 bits per heavy atom. The molecule has 0 spiro atoms. The van der Waals surface area contributed by atoms with Crippen LogP contribution in [0.25, 0.3) is 0 Å². The molecule has 0 bridgehead atoms. The number of likely N-dealkylation sites (N-methyl/N-ethyl adjacent to an activating group) is 1. The molecule has 0 aromatic heterocycles. The molecule has 1 aromatic carbocycles. The van der Waals surface area contributed by atoms with Crippen molar-refractivity contribution in [3.8, 4) is 0 Å². The number of nitrogens with one attached hydrogen (secondary N) is 3. The molecular formula is C15H24N3O2+. The second kappa shape index (κ2) is 8.32. The fraction of sp³-hybridized carbons (Fsp3) is 0.467. The van der Waals surface area contributed by atoms with Gasteiger partial charge < -0.3 is 10.2 Å². The van der Waals surface area contributed by atoms with E-state index >= 15 is 0 Å². The first kappa shape index (κ1) is 16.2. The Balaban J connectivity index is 2.29. The highest BCUT2D eigenvalue weighted by Gasteiger charge is 2.13. The average molecular weight is 278 g/mol. The van der Waals surface area contributed by atoms with Crippen LogP contribution < -0.4 is 15.5 Å². The van der Waals surface area contributed by atoms with Crippen LogP contribution in [0.4, 0.5) is 4.79 Å². The van der Waals surface area contributed by atoms with Gasteiger partial charge in [0.1, 0.15) is 6.54 Å². The largest absolute Gasteiger partial charge is 0.338 e. The molecule has 1 rings (SSSR count). The summed E-state index contributed by atoms with van der Waals surface area (Å²) in [5, 5.41) is 5.00. The highest BCUT2D eigenvalue weighted by Crippen LogP contribution is 1.94. The molecular weight excluding hydrogens is 254 g/mol. The zero-order chi connectivity index (χ0) is 15.0. The molecule has 0 radical (unpaired) electrons. The highest BCUT2D eigenvalue weighted by atomic mass is 16.2. The van der Waals surface area contributed by atoms with Gasteiger partial charge in [-0.1, -0.05) is 44.2 Å². The molecule has 3 N–H and O–H groups in total. The van der Waals surface area contributed by atoms with E-state index in [1.165, 1.54) is 5.56 Å². The molecule has 0 aliphatic heterocycles. The summed E-state index contributed by atoms with van der Waals surface area (Å²) in [7, 11) is 1.93. The summed E-state index contributed by atoms with van der Waals surface area (Å²) in [6.07, 6.45) is 0. The van der Waals surface area contributed by atoms with Gasteiger partial charge in [-0.25, -0.2) is 4.79 Å². The smallest absolute Gasteiger partial charge is 0.321 e. The third kappa shape index (κ3) is 6.89. The Kier molecular flexibility index (Phi) is 6.73. The molecule has 0 saturated carbocycles. The van der Waals surface area contributed by atoms with Crippen LogP contribution in [0.2, 0.25) is 0 Å². The summed E-state index contributed by atoms with van der Waals surface area (Å²) >= 11 is 0. The van der Waals surface area contributed by atoms with Crippen LogP contribution in [0.15, 0.2) is 30.3 Å². The third-order valence-electron chi connectivity index (χ3n) is 2.73. The lowest BCUT2D eigenvalue weighted by molar-refractivity contribution is -0.885. The second-order valence-corrected chi connectivity index (χ2v) is 5.45. The first-order valence-electron chi connectivity index (χ1n) is 6.90. The molecule has 5 nitrogen and oxygen atoms in total. The van der Waals surface area contributed by atoms with Gasteiger partial charge >= 0.3 is 6.03 Å². The maximum absolute atomic E-state index is 11.7. The first-order chi connectivity index (χ1) is 9.47. The van der Waals surface area contributed by atoms with Crippen LogP contribution in [0.3, 0.4) is 0 Å². The van der Waals surface area contributed by atoms with Crippen LogP contribution in [0, 0.1) is 5.92 Å². The first-order valence-corrected chi connectivity index (χ1v) is 6.90. The zero-order valence-corrected chi connectivity index (χ0v) is 12.4. The zero-order valence-electron chi connectivity index (χ0n) is 12.4. The fourth-order valence-electron chi connectivity index (χ4n) is 1.79. The Bertz CT molecular complexity index is 432.